The summed E-state index contributed by atoms with van der Waals surface area (Å²) in [5.41, 5.74) is 2.40. The maximum absolute atomic E-state index is 12.3. The van der Waals surface area contributed by atoms with E-state index < -0.39 is 0 Å². The van der Waals surface area contributed by atoms with Crippen LogP contribution in [0, 0.1) is 0 Å². The molecule has 0 aromatic heterocycles. The van der Waals surface area contributed by atoms with E-state index in [9.17, 15) is 4.79 Å². The van der Waals surface area contributed by atoms with Gasteiger partial charge in [-0.05, 0) is 24.0 Å². The highest BCUT2D eigenvalue weighted by molar-refractivity contribution is 5.88. The Hall–Kier alpha value is -2.13. The molecule has 0 spiro atoms. The summed E-state index contributed by atoms with van der Waals surface area (Å²) in [6.07, 6.45) is 2.36. The maximum Gasteiger partial charge on any atom is 0.241 e. The molecule has 1 atom stereocenters. The summed E-state index contributed by atoms with van der Waals surface area (Å²) in [4.78, 5) is 14.3. The lowest BCUT2D eigenvalue weighted by Crippen LogP contribution is -2.63. The number of likely N-dealkylation sites (tertiary alicyclic amines) is 1. The van der Waals surface area contributed by atoms with Crippen LogP contribution in [0.4, 0.5) is 0 Å². The second-order valence-electron chi connectivity index (χ2n) is 6.20. The highest BCUT2D eigenvalue weighted by Gasteiger charge is 2.45. The predicted molar refractivity (Wildman–Crippen MR) is 86.4 cm³/mol. The largest absolute Gasteiger partial charge is 0.336 e. The molecule has 2 aromatic rings. The molecule has 2 aromatic carbocycles. The average Bonchev–Trinajstić information content (AvgIpc) is 3.40. The minimum atomic E-state index is -0.0500. The number of β-lactam (4-membered cyclic amide) rings is 1. The number of hydrogen-bond acceptors (Lipinski definition) is 2. The Morgan fingerprint density at radius 3 is 1.91 bits per heavy atom. The summed E-state index contributed by atoms with van der Waals surface area (Å²) in [6.45, 7) is 0.847. The Bertz CT molecular complexity index is 612. The van der Waals surface area contributed by atoms with Crippen LogP contribution in [0.25, 0.3) is 0 Å². The predicted octanol–water partition coefficient (Wildman–Crippen LogP) is 2.74. The van der Waals surface area contributed by atoms with Crippen LogP contribution >= 0.6 is 0 Å². The van der Waals surface area contributed by atoms with Crippen molar-refractivity contribution in [3.63, 3.8) is 0 Å². The van der Waals surface area contributed by atoms with Crippen molar-refractivity contribution < 1.29 is 4.79 Å². The van der Waals surface area contributed by atoms with Gasteiger partial charge in [0, 0.05) is 12.6 Å². The Labute approximate surface area is 131 Å². The third-order valence-corrected chi connectivity index (χ3v) is 4.58. The molecular weight excluding hydrogens is 272 g/mol. The van der Waals surface area contributed by atoms with Gasteiger partial charge in [0.1, 0.15) is 6.04 Å². The third-order valence-electron chi connectivity index (χ3n) is 4.58. The topological polar surface area (TPSA) is 32.3 Å². The lowest BCUT2D eigenvalue weighted by atomic mass is 9.96. The van der Waals surface area contributed by atoms with Crippen molar-refractivity contribution in [2.24, 2.45) is 0 Å². The van der Waals surface area contributed by atoms with Gasteiger partial charge < -0.3 is 4.90 Å². The molecule has 0 radical (unpaired) electrons. The zero-order valence-corrected chi connectivity index (χ0v) is 12.5. The van der Waals surface area contributed by atoms with E-state index >= 15 is 0 Å². The molecule has 1 N–H and O–H groups in total. The fraction of sp³-hybridized carbons (Fsp3) is 0.316. The van der Waals surface area contributed by atoms with Crippen molar-refractivity contribution in [2.45, 2.75) is 31.0 Å². The number of hydrogen-bond donors (Lipinski definition) is 1. The Morgan fingerprint density at radius 2 is 1.45 bits per heavy atom. The van der Waals surface area contributed by atoms with E-state index in [-0.39, 0.29) is 18.0 Å². The highest BCUT2D eigenvalue weighted by atomic mass is 16.2. The van der Waals surface area contributed by atoms with Crippen molar-refractivity contribution in [1.29, 1.82) is 0 Å². The van der Waals surface area contributed by atoms with Gasteiger partial charge >= 0.3 is 0 Å². The molecule has 22 heavy (non-hydrogen) atoms. The molecular formula is C19H20N2O. The van der Waals surface area contributed by atoms with Gasteiger partial charge in [0.25, 0.3) is 0 Å². The standard InChI is InChI=1S/C19H20N2O/c22-19-17(13-21(19)16-11-12-16)20-18(14-7-3-1-4-8-14)15-9-5-2-6-10-15/h1-10,16-18,20H,11-13H2/t17-/m1/s1. The number of nitrogens with one attached hydrogen (secondary N) is 1. The molecule has 0 unspecified atom stereocenters. The molecule has 1 saturated heterocycles. The lowest BCUT2D eigenvalue weighted by molar-refractivity contribution is -0.145. The number of benzene rings is 2. The van der Waals surface area contributed by atoms with Crippen LogP contribution in [0.2, 0.25) is 0 Å². The molecule has 0 bridgehead atoms. The van der Waals surface area contributed by atoms with Crippen molar-refractivity contribution in [2.75, 3.05) is 6.54 Å². The smallest absolute Gasteiger partial charge is 0.241 e. The van der Waals surface area contributed by atoms with Gasteiger partial charge in [0.2, 0.25) is 5.91 Å². The summed E-state index contributed by atoms with van der Waals surface area (Å²) in [5.74, 6) is 0.263. The van der Waals surface area contributed by atoms with Gasteiger partial charge in [-0.25, -0.2) is 0 Å². The summed E-state index contributed by atoms with van der Waals surface area (Å²) < 4.78 is 0. The summed E-state index contributed by atoms with van der Waals surface area (Å²) in [7, 11) is 0. The molecule has 2 fully saturated rings. The molecule has 3 nitrogen and oxygen atoms in total. The monoisotopic (exact) mass is 292 g/mol. The summed E-state index contributed by atoms with van der Waals surface area (Å²) >= 11 is 0. The SMILES string of the molecule is O=C1[C@H](NC(c2ccccc2)c2ccccc2)CN1C1CC1. The van der Waals surface area contributed by atoms with Crippen molar-refractivity contribution >= 4 is 5.91 Å². The van der Waals surface area contributed by atoms with Crippen molar-refractivity contribution in [3.8, 4) is 0 Å². The zero-order chi connectivity index (χ0) is 14.9. The van der Waals surface area contributed by atoms with E-state index in [0.717, 1.165) is 6.54 Å². The molecule has 1 aliphatic carbocycles. The minimum absolute atomic E-state index is 0.0500. The molecule has 2 aliphatic rings. The molecule has 4 rings (SSSR count). The van der Waals surface area contributed by atoms with Gasteiger partial charge in [-0.3, -0.25) is 10.1 Å². The third kappa shape index (κ3) is 2.53. The Kier molecular flexibility index (Phi) is 3.43. The van der Waals surface area contributed by atoms with Gasteiger partial charge in [0.05, 0.1) is 6.04 Å². The van der Waals surface area contributed by atoms with Crippen LogP contribution in [0.5, 0.6) is 0 Å². The Balaban J connectivity index is 1.55. The van der Waals surface area contributed by atoms with E-state index in [1.807, 2.05) is 41.3 Å². The van der Waals surface area contributed by atoms with Gasteiger partial charge in [-0.15, -0.1) is 0 Å². The number of amides is 1. The molecule has 1 aliphatic heterocycles. The summed E-state index contributed by atoms with van der Waals surface area (Å²) in [6, 6.07) is 21.2. The number of carbonyl (C=O) groups is 1. The average molecular weight is 292 g/mol. The first-order valence-corrected chi connectivity index (χ1v) is 7.99. The highest BCUT2D eigenvalue weighted by Crippen LogP contribution is 2.33. The lowest BCUT2D eigenvalue weighted by Gasteiger charge is -2.41. The molecule has 1 saturated carbocycles. The quantitative estimate of drug-likeness (QED) is 0.859. The van der Waals surface area contributed by atoms with Crippen molar-refractivity contribution in [1.82, 2.24) is 10.2 Å². The van der Waals surface area contributed by atoms with E-state index in [1.54, 1.807) is 0 Å². The van der Waals surface area contributed by atoms with E-state index in [1.165, 1.54) is 24.0 Å². The second kappa shape index (κ2) is 5.58. The van der Waals surface area contributed by atoms with E-state index in [0.29, 0.717) is 6.04 Å². The fourth-order valence-corrected chi connectivity index (χ4v) is 3.17. The number of rotatable bonds is 5. The van der Waals surface area contributed by atoms with Crippen LogP contribution in [-0.4, -0.2) is 29.4 Å². The first kappa shape index (κ1) is 13.5. The van der Waals surface area contributed by atoms with Gasteiger partial charge in [-0.1, -0.05) is 60.7 Å². The van der Waals surface area contributed by atoms with E-state index in [2.05, 4.69) is 29.6 Å². The zero-order valence-electron chi connectivity index (χ0n) is 12.5. The number of carbonyl (C=O) groups excluding carboxylic acids is 1. The molecule has 3 heteroatoms. The second-order valence-corrected chi connectivity index (χ2v) is 6.20. The van der Waals surface area contributed by atoms with Crippen LogP contribution < -0.4 is 5.32 Å². The van der Waals surface area contributed by atoms with Crippen LogP contribution in [0.15, 0.2) is 60.7 Å². The minimum Gasteiger partial charge on any atom is -0.336 e. The number of nitrogens with zero attached hydrogens (tertiary/aromatic N) is 1. The van der Waals surface area contributed by atoms with Crippen LogP contribution in [-0.2, 0) is 4.79 Å². The van der Waals surface area contributed by atoms with E-state index in [4.69, 9.17) is 0 Å². The first-order valence-electron chi connectivity index (χ1n) is 7.99. The Morgan fingerprint density at radius 1 is 0.909 bits per heavy atom. The molecule has 1 heterocycles. The maximum atomic E-state index is 12.3. The van der Waals surface area contributed by atoms with Gasteiger partial charge in [-0.2, -0.15) is 0 Å². The molecule has 1 amide bonds. The van der Waals surface area contributed by atoms with Crippen LogP contribution in [0.1, 0.15) is 30.0 Å². The van der Waals surface area contributed by atoms with Crippen LogP contribution in [0.3, 0.4) is 0 Å². The molecule has 112 valence electrons. The first-order chi connectivity index (χ1) is 10.8. The fourth-order valence-electron chi connectivity index (χ4n) is 3.17. The summed E-state index contributed by atoms with van der Waals surface area (Å²) in [5, 5.41) is 3.56. The van der Waals surface area contributed by atoms with Gasteiger partial charge in [0.15, 0.2) is 0 Å². The van der Waals surface area contributed by atoms with Crippen molar-refractivity contribution in [3.05, 3.63) is 71.8 Å². The normalized spacial score (nSPS) is 21.0.